The molecule has 0 heterocycles. The summed E-state index contributed by atoms with van der Waals surface area (Å²) in [5, 5.41) is 0. The Kier molecular flexibility index (Phi) is 5.16. The van der Waals surface area contributed by atoms with E-state index in [-0.39, 0.29) is 0 Å². The summed E-state index contributed by atoms with van der Waals surface area (Å²) in [6, 6.07) is 16.3. The molecule has 0 spiro atoms. The first-order chi connectivity index (χ1) is 9.31. The molecule has 2 nitrogen and oxygen atoms in total. The molecule has 0 bridgehead atoms. The zero-order valence-electron chi connectivity index (χ0n) is 11.3. The molecular weight excluding hydrogens is 256 g/mol. The fourth-order valence-electron chi connectivity index (χ4n) is 1.72. The highest BCUT2D eigenvalue weighted by Crippen LogP contribution is 2.31. The normalized spacial score (nSPS) is 10.2. The van der Waals surface area contributed by atoms with Crippen molar-refractivity contribution < 1.29 is 9.47 Å². The molecule has 0 aliphatic rings. The summed E-state index contributed by atoms with van der Waals surface area (Å²) >= 11 is 1.71. The summed E-state index contributed by atoms with van der Waals surface area (Å²) in [5.41, 5.74) is 0. The van der Waals surface area contributed by atoms with Gasteiger partial charge in [-0.1, -0.05) is 23.9 Å². The van der Waals surface area contributed by atoms with E-state index >= 15 is 0 Å². The minimum atomic E-state index is 0.688. The maximum Gasteiger partial charge on any atom is 0.120 e. The molecule has 0 aromatic heterocycles. The van der Waals surface area contributed by atoms with E-state index in [4.69, 9.17) is 9.47 Å². The van der Waals surface area contributed by atoms with Gasteiger partial charge in [0.15, 0.2) is 0 Å². The van der Waals surface area contributed by atoms with Crippen LogP contribution in [0.3, 0.4) is 0 Å². The third kappa shape index (κ3) is 4.21. The van der Waals surface area contributed by atoms with Crippen molar-refractivity contribution in [2.75, 3.05) is 13.2 Å². The van der Waals surface area contributed by atoms with Crippen molar-refractivity contribution in [2.24, 2.45) is 0 Å². The quantitative estimate of drug-likeness (QED) is 0.765. The van der Waals surface area contributed by atoms with Crippen molar-refractivity contribution in [1.29, 1.82) is 0 Å². The highest BCUT2D eigenvalue weighted by atomic mass is 32.2. The molecule has 2 aromatic rings. The number of rotatable bonds is 6. The summed E-state index contributed by atoms with van der Waals surface area (Å²) in [4.78, 5) is 2.33. The fraction of sp³-hybridized carbons (Fsp3) is 0.250. The zero-order valence-corrected chi connectivity index (χ0v) is 12.1. The van der Waals surface area contributed by atoms with Crippen LogP contribution in [0.5, 0.6) is 11.5 Å². The average molecular weight is 274 g/mol. The molecule has 0 radical (unpaired) electrons. The standard InChI is InChI=1S/C16H18O2S/c1-3-17-13-7-5-9-15(11-13)19-16-10-6-8-14(12-16)18-4-2/h5-12H,3-4H2,1-2H3. The predicted molar refractivity (Wildman–Crippen MR) is 79.3 cm³/mol. The summed E-state index contributed by atoms with van der Waals surface area (Å²) in [6.45, 7) is 5.36. The molecule has 0 aliphatic carbocycles. The van der Waals surface area contributed by atoms with Gasteiger partial charge < -0.3 is 9.47 Å². The van der Waals surface area contributed by atoms with E-state index < -0.39 is 0 Å². The monoisotopic (exact) mass is 274 g/mol. The SMILES string of the molecule is CCOc1cccc(Sc2cccc(OCC)c2)c1. The first-order valence-electron chi connectivity index (χ1n) is 6.45. The van der Waals surface area contributed by atoms with E-state index in [2.05, 4.69) is 24.3 Å². The third-order valence-electron chi connectivity index (χ3n) is 2.47. The van der Waals surface area contributed by atoms with E-state index in [1.165, 1.54) is 9.79 Å². The lowest BCUT2D eigenvalue weighted by Gasteiger charge is -2.07. The van der Waals surface area contributed by atoms with Crippen molar-refractivity contribution in [2.45, 2.75) is 23.6 Å². The van der Waals surface area contributed by atoms with Gasteiger partial charge in [-0.2, -0.15) is 0 Å². The first kappa shape index (κ1) is 13.8. The van der Waals surface area contributed by atoms with Gasteiger partial charge in [0.05, 0.1) is 13.2 Å². The Bertz CT molecular complexity index is 478. The molecule has 0 aliphatic heterocycles. The van der Waals surface area contributed by atoms with E-state index in [1.807, 2.05) is 38.1 Å². The summed E-state index contributed by atoms with van der Waals surface area (Å²) < 4.78 is 11.0. The summed E-state index contributed by atoms with van der Waals surface area (Å²) in [6.07, 6.45) is 0. The molecule has 19 heavy (non-hydrogen) atoms. The smallest absolute Gasteiger partial charge is 0.120 e. The molecule has 0 fully saturated rings. The summed E-state index contributed by atoms with van der Waals surface area (Å²) in [7, 11) is 0. The highest BCUT2D eigenvalue weighted by molar-refractivity contribution is 7.99. The van der Waals surface area contributed by atoms with Gasteiger partial charge in [0.1, 0.15) is 11.5 Å². The van der Waals surface area contributed by atoms with E-state index in [0.29, 0.717) is 13.2 Å². The Morgan fingerprint density at radius 1 is 0.789 bits per heavy atom. The Morgan fingerprint density at radius 3 is 1.68 bits per heavy atom. The van der Waals surface area contributed by atoms with Crippen molar-refractivity contribution in [1.82, 2.24) is 0 Å². The van der Waals surface area contributed by atoms with Gasteiger partial charge in [0.25, 0.3) is 0 Å². The van der Waals surface area contributed by atoms with Gasteiger partial charge in [0.2, 0.25) is 0 Å². The highest BCUT2D eigenvalue weighted by Gasteiger charge is 2.01. The van der Waals surface area contributed by atoms with Gasteiger partial charge in [0, 0.05) is 9.79 Å². The number of ether oxygens (including phenoxy) is 2. The van der Waals surface area contributed by atoms with Crippen LogP contribution in [0.2, 0.25) is 0 Å². The molecule has 0 atom stereocenters. The minimum absolute atomic E-state index is 0.688. The van der Waals surface area contributed by atoms with E-state index in [0.717, 1.165) is 11.5 Å². The van der Waals surface area contributed by atoms with Crippen LogP contribution in [0.15, 0.2) is 58.3 Å². The van der Waals surface area contributed by atoms with Gasteiger partial charge in [-0.15, -0.1) is 0 Å². The average Bonchev–Trinajstić information content (AvgIpc) is 2.40. The second kappa shape index (κ2) is 7.10. The van der Waals surface area contributed by atoms with Gasteiger partial charge in [-0.3, -0.25) is 0 Å². The van der Waals surface area contributed by atoms with Gasteiger partial charge in [-0.05, 0) is 50.2 Å². The Hall–Kier alpha value is -1.61. The van der Waals surface area contributed by atoms with E-state index in [9.17, 15) is 0 Å². The molecule has 3 heteroatoms. The first-order valence-corrected chi connectivity index (χ1v) is 7.27. The molecule has 2 rings (SSSR count). The third-order valence-corrected chi connectivity index (χ3v) is 3.45. The second-order valence-electron chi connectivity index (χ2n) is 3.92. The molecule has 0 amide bonds. The Balaban J connectivity index is 2.11. The van der Waals surface area contributed by atoms with Gasteiger partial charge in [-0.25, -0.2) is 0 Å². The zero-order chi connectivity index (χ0) is 13.5. The minimum Gasteiger partial charge on any atom is -0.494 e. The van der Waals surface area contributed by atoms with Crippen LogP contribution in [0.1, 0.15) is 13.8 Å². The van der Waals surface area contributed by atoms with Gasteiger partial charge >= 0.3 is 0 Å². The Morgan fingerprint density at radius 2 is 1.26 bits per heavy atom. The van der Waals surface area contributed by atoms with Crippen LogP contribution in [0, 0.1) is 0 Å². The van der Waals surface area contributed by atoms with Crippen molar-refractivity contribution in [3.63, 3.8) is 0 Å². The molecule has 2 aromatic carbocycles. The Labute approximate surface area is 118 Å². The van der Waals surface area contributed by atoms with Crippen LogP contribution >= 0.6 is 11.8 Å². The molecule has 100 valence electrons. The number of hydrogen-bond acceptors (Lipinski definition) is 3. The summed E-state index contributed by atoms with van der Waals surface area (Å²) in [5.74, 6) is 1.82. The van der Waals surface area contributed by atoms with Crippen LogP contribution in [0.25, 0.3) is 0 Å². The lowest BCUT2D eigenvalue weighted by Crippen LogP contribution is -1.91. The van der Waals surface area contributed by atoms with Crippen LogP contribution in [0.4, 0.5) is 0 Å². The molecule has 0 saturated heterocycles. The van der Waals surface area contributed by atoms with Crippen LogP contribution in [-0.2, 0) is 0 Å². The second-order valence-corrected chi connectivity index (χ2v) is 5.06. The van der Waals surface area contributed by atoms with Crippen LogP contribution in [-0.4, -0.2) is 13.2 Å². The molecule has 0 unspecified atom stereocenters. The predicted octanol–water partition coefficient (Wildman–Crippen LogP) is 4.64. The van der Waals surface area contributed by atoms with E-state index in [1.54, 1.807) is 11.8 Å². The lowest BCUT2D eigenvalue weighted by molar-refractivity contribution is 0.339. The molecule has 0 saturated carbocycles. The van der Waals surface area contributed by atoms with Crippen molar-refractivity contribution in [3.8, 4) is 11.5 Å². The largest absolute Gasteiger partial charge is 0.494 e. The van der Waals surface area contributed by atoms with Crippen molar-refractivity contribution >= 4 is 11.8 Å². The van der Waals surface area contributed by atoms with Crippen LogP contribution < -0.4 is 9.47 Å². The lowest BCUT2D eigenvalue weighted by atomic mass is 10.3. The van der Waals surface area contributed by atoms with Crippen molar-refractivity contribution in [3.05, 3.63) is 48.5 Å². The fourth-order valence-corrected chi connectivity index (χ4v) is 2.64. The number of hydrogen-bond donors (Lipinski definition) is 0. The molecule has 0 N–H and O–H groups in total. The molecular formula is C16H18O2S. The maximum absolute atomic E-state index is 5.51. The maximum atomic E-state index is 5.51. The topological polar surface area (TPSA) is 18.5 Å². The number of benzene rings is 2.